The van der Waals surface area contributed by atoms with Crippen LogP contribution in [-0.2, 0) is 11.2 Å². The van der Waals surface area contributed by atoms with Gasteiger partial charge in [-0.25, -0.2) is 0 Å². The molecule has 0 aromatic heterocycles. The zero-order valence-electron chi connectivity index (χ0n) is 12.1. The molecule has 0 aliphatic heterocycles. The average molecular weight is 307 g/mol. The summed E-state index contributed by atoms with van der Waals surface area (Å²) in [5.41, 5.74) is 6.52. The van der Waals surface area contributed by atoms with Crippen molar-refractivity contribution in [1.82, 2.24) is 0 Å². The van der Waals surface area contributed by atoms with Gasteiger partial charge >= 0.3 is 6.18 Å². The maximum absolute atomic E-state index is 12.0. The Morgan fingerprint density at radius 3 is 2.52 bits per heavy atom. The highest BCUT2D eigenvalue weighted by atomic mass is 19.4. The Balaban J connectivity index is 2.75. The van der Waals surface area contributed by atoms with E-state index in [2.05, 4.69) is 4.74 Å². The molecule has 1 rings (SSSR count). The largest absolute Gasteiger partial charge is 0.490 e. The number of ether oxygens (including phenoxy) is 3. The van der Waals surface area contributed by atoms with Crippen molar-refractivity contribution < 1.29 is 27.4 Å². The summed E-state index contributed by atoms with van der Waals surface area (Å²) in [4.78, 5) is 0. The molecule has 120 valence electrons. The maximum Gasteiger partial charge on any atom is 0.411 e. The van der Waals surface area contributed by atoms with Gasteiger partial charge in [0.1, 0.15) is 6.61 Å². The summed E-state index contributed by atoms with van der Waals surface area (Å²) in [5, 5.41) is 0. The first-order chi connectivity index (χ1) is 9.83. The quantitative estimate of drug-likeness (QED) is 0.593. The predicted molar refractivity (Wildman–Crippen MR) is 72.5 cm³/mol. The summed E-state index contributed by atoms with van der Waals surface area (Å²) >= 11 is 0. The smallest absolute Gasteiger partial charge is 0.411 e. The summed E-state index contributed by atoms with van der Waals surface area (Å²) in [6.07, 6.45) is -3.85. The molecule has 0 aliphatic carbocycles. The lowest BCUT2D eigenvalue weighted by Gasteiger charge is -2.17. The summed E-state index contributed by atoms with van der Waals surface area (Å²) in [6.45, 7) is 2.20. The van der Waals surface area contributed by atoms with Crippen LogP contribution >= 0.6 is 0 Å². The highest BCUT2D eigenvalue weighted by Crippen LogP contribution is 2.32. The van der Waals surface area contributed by atoms with Gasteiger partial charge in [0.15, 0.2) is 18.3 Å². The Morgan fingerprint density at radius 2 is 1.95 bits per heavy atom. The van der Waals surface area contributed by atoms with E-state index in [1.807, 2.05) is 13.8 Å². The van der Waals surface area contributed by atoms with Gasteiger partial charge in [0.2, 0.25) is 0 Å². The summed E-state index contributed by atoms with van der Waals surface area (Å²) in [6, 6.07) is 5.16. The van der Waals surface area contributed by atoms with Crippen molar-refractivity contribution in [1.29, 1.82) is 0 Å². The minimum atomic E-state index is -4.38. The van der Waals surface area contributed by atoms with E-state index in [4.69, 9.17) is 15.2 Å². The van der Waals surface area contributed by atoms with Crippen LogP contribution in [0.4, 0.5) is 13.2 Å². The number of benzene rings is 1. The number of rotatable bonds is 8. The van der Waals surface area contributed by atoms with E-state index < -0.39 is 19.6 Å². The lowest BCUT2D eigenvalue weighted by molar-refractivity contribution is -0.186. The number of halogens is 3. The van der Waals surface area contributed by atoms with E-state index in [0.717, 1.165) is 5.56 Å². The van der Waals surface area contributed by atoms with Crippen molar-refractivity contribution in [2.24, 2.45) is 5.73 Å². The monoisotopic (exact) mass is 307 g/mol. The van der Waals surface area contributed by atoms with Crippen LogP contribution < -0.4 is 15.2 Å². The molecule has 1 atom stereocenters. The van der Waals surface area contributed by atoms with Gasteiger partial charge in [-0.1, -0.05) is 12.1 Å². The lowest BCUT2D eigenvalue weighted by atomic mass is 10.1. The van der Waals surface area contributed by atoms with Crippen LogP contribution in [0.15, 0.2) is 18.2 Å². The van der Waals surface area contributed by atoms with Crippen molar-refractivity contribution in [3.8, 4) is 11.5 Å². The molecule has 0 aliphatic rings. The Labute approximate surface area is 122 Å². The molecule has 1 aromatic carbocycles. The maximum atomic E-state index is 12.0. The van der Waals surface area contributed by atoms with Gasteiger partial charge < -0.3 is 19.9 Å². The summed E-state index contributed by atoms with van der Waals surface area (Å²) in [7, 11) is 0. The first kappa shape index (κ1) is 17.6. The molecule has 0 saturated heterocycles. The van der Waals surface area contributed by atoms with Crippen molar-refractivity contribution >= 4 is 0 Å². The van der Waals surface area contributed by atoms with Crippen LogP contribution in [0.25, 0.3) is 0 Å². The normalized spacial score (nSPS) is 13.0. The number of alkyl halides is 3. The van der Waals surface area contributed by atoms with Gasteiger partial charge in [-0.05, 0) is 31.9 Å². The molecule has 0 heterocycles. The van der Waals surface area contributed by atoms with Crippen LogP contribution in [0.2, 0.25) is 0 Å². The molecule has 0 fully saturated rings. The lowest BCUT2D eigenvalue weighted by Crippen LogP contribution is -2.20. The highest BCUT2D eigenvalue weighted by Gasteiger charge is 2.27. The zero-order chi connectivity index (χ0) is 15.9. The number of nitrogens with two attached hydrogens (primary N) is 1. The predicted octanol–water partition coefficient (Wildman–Crippen LogP) is 2.89. The van der Waals surface area contributed by atoms with Crippen LogP contribution in [0, 0.1) is 0 Å². The molecule has 1 unspecified atom stereocenters. The van der Waals surface area contributed by atoms with Crippen LogP contribution in [0.1, 0.15) is 19.4 Å². The fourth-order valence-corrected chi connectivity index (χ4v) is 1.76. The molecule has 21 heavy (non-hydrogen) atoms. The Morgan fingerprint density at radius 1 is 1.24 bits per heavy atom. The van der Waals surface area contributed by atoms with Gasteiger partial charge in [-0.15, -0.1) is 0 Å². The van der Waals surface area contributed by atoms with Gasteiger partial charge in [0, 0.05) is 6.04 Å². The summed E-state index contributed by atoms with van der Waals surface area (Å²) < 4.78 is 51.2. The molecule has 0 saturated carbocycles. The molecule has 2 N–H and O–H groups in total. The SMILES string of the molecule is CCOc1cccc(CC(C)N)c1OCOCC(F)(F)F. The van der Waals surface area contributed by atoms with Crippen LogP contribution in [0.3, 0.4) is 0 Å². The minimum absolute atomic E-state index is 0.111. The highest BCUT2D eigenvalue weighted by molar-refractivity contribution is 5.47. The Kier molecular flexibility index (Phi) is 6.77. The third-order valence-corrected chi connectivity index (χ3v) is 2.45. The second kappa shape index (κ2) is 8.09. The minimum Gasteiger partial charge on any atom is -0.490 e. The topological polar surface area (TPSA) is 53.7 Å². The molecule has 0 spiro atoms. The molecule has 1 aromatic rings. The molecule has 7 heteroatoms. The molecule has 0 bridgehead atoms. The zero-order valence-corrected chi connectivity index (χ0v) is 12.1. The van der Waals surface area contributed by atoms with Gasteiger partial charge in [-0.3, -0.25) is 0 Å². The Bertz CT molecular complexity index is 436. The van der Waals surface area contributed by atoms with Crippen LogP contribution in [0.5, 0.6) is 11.5 Å². The second-order valence-corrected chi connectivity index (χ2v) is 4.58. The third-order valence-electron chi connectivity index (χ3n) is 2.45. The molecular formula is C14H20F3NO3. The molecule has 0 radical (unpaired) electrons. The first-order valence-electron chi connectivity index (χ1n) is 6.61. The van der Waals surface area contributed by atoms with Crippen LogP contribution in [-0.4, -0.2) is 32.2 Å². The van der Waals surface area contributed by atoms with Crippen molar-refractivity contribution in [3.05, 3.63) is 23.8 Å². The second-order valence-electron chi connectivity index (χ2n) is 4.58. The van der Waals surface area contributed by atoms with E-state index in [1.54, 1.807) is 18.2 Å². The first-order valence-corrected chi connectivity index (χ1v) is 6.61. The number of para-hydroxylation sites is 1. The van der Waals surface area contributed by atoms with Crippen molar-refractivity contribution in [2.45, 2.75) is 32.5 Å². The Hall–Kier alpha value is -1.47. The standard InChI is InChI=1S/C14H20F3NO3/c1-3-20-12-6-4-5-11(7-10(2)18)13(12)21-9-19-8-14(15,16)17/h4-6,10H,3,7-9,18H2,1-2H3. The van der Waals surface area contributed by atoms with E-state index in [1.165, 1.54) is 0 Å². The number of hydrogen-bond donors (Lipinski definition) is 1. The van der Waals surface area contributed by atoms with E-state index in [9.17, 15) is 13.2 Å². The average Bonchev–Trinajstić information content (AvgIpc) is 2.35. The van der Waals surface area contributed by atoms with Crippen molar-refractivity contribution in [2.75, 3.05) is 20.0 Å². The van der Waals surface area contributed by atoms with E-state index in [0.29, 0.717) is 24.5 Å². The fraction of sp³-hybridized carbons (Fsp3) is 0.571. The van der Waals surface area contributed by atoms with Gasteiger partial charge in [-0.2, -0.15) is 13.2 Å². The van der Waals surface area contributed by atoms with E-state index in [-0.39, 0.29) is 6.04 Å². The third kappa shape index (κ3) is 6.68. The molecule has 0 amide bonds. The van der Waals surface area contributed by atoms with Gasteiger partial charge in [0.05, 0.1) is 6.61 Å². The summed E-state index contributed by atoms with van der Waals surface area (Å²) in [5.74, 6) is 0.838. The number of hydrogen-bond acceptors (Lipinski definition) is 4. The van der Waals surface area contributed by atoms with Crippen molar-refractivity contribution in [3.63, 3.8) is 0 Å². The van der Waals surface area contributed by atoms with E-state index >= 15 is 0 Å². The fourth-order valence-electron chi connectivity index (χ4n) is 1.76. The molecular weight excluding hydrogens is 287 g/mol. The van der Waals surface area contributed by atoms with Gasteiger partial charge in [0.25, 0.3) is 0 Å². The molecule has 4 nitrogen and oxygen atoms in total.